The van der Waals surface area contributed by atoms with Crippen LogP contribution in [0.3, 0.4) is 0 Å². The second-order valence-electron chi connectivity index (χ2n) is 5.18. The molecule has 24 heavy (non-hydrogen) atoms. The summed E-state index contributed by atoms with van der Waals surface area (Å²) in [6.45, 7) is 0.930. The number of methoxy groups -OCH3 is 1. The van der Waals surface area contributed by atoms with Crippen LogP contribution in [-0.4, -0.2) is 31.2 Å². The number of carbonyl (C=O) groups is 1. The Balaban J connectivity index is 2.00. The van der Waals surface area contributed by atoms with E-state index in [4.69, 9.17) is 16.3 Å². The van der Waals surface area contributed by atoms with Gasteiger partial charge in [-0.15, -0.1) is 0 Å². The minimum Gasteiger partial charge on any atom is -0.383 e. The van der Waals surface area contributed by atoms with Crippen LogP contribution in [0.1, 0.15) is 10.5 Å². The minimum absolute atomic E-state index is 0.155. The molecule has 0 atom stereocenters. The number of fused-ring (bicyclic) bond motifs is 1. The van der Waals surface area contributed by atoms with E-state index in [0.29, 0.717) is 23.9 Å². The van der Waals surface area contributed by atoms with Crippen molar-refractivity contribution in [2.45, 2.75) is 9.79 Å². The van der Waals surface area contributed by atoms with Gasteiger partial charge in [-0.1, -0.05) is 41.6 Å². The number of ether oxygens (including phenoxy) is 1. The largest absolute Gasteiger partial charge is 0.383 e. The number of rotatable bonds is 6. The van der Waals surface area contributed by atoms with Crippen LogP contribution in [0.15, 0.2) is 58.3 Å². The van der Waals surface area contributed by atoms with Gasteiger partial charge in [0.1, 0.15) is 5.69 Å². The predicted octanol–water partition coefficient (Wildman–Crippen LogP) is 4.35. The van der Waals surface area contributed by atoms with Crippen LogP contribution in [0.5, 0.6) is 0 Å². The summed E-state index contributed by atoms with van der Waals surface area (Å²) in [7, 11) is 1.60. The molecule has 4 nitrogen and oxygen atoms in total. The monoisotopic (exact) mass is 360 g/mol. The number of carbonyl (C=O) groups excluding carboxylic acids is 1. The molecule has 1 aromatic heterocycles. The average Bonchev–Trinajstić information content (AvgIpc) is 2.94. The molecule has 1 amide bonds. The van der Waals surface area contributed by atoms with E-state index in [1.165, 1.54) is 0 Å². The topological polar surface area (TPSA) is 54.1 Å². The Bertz CT molecular complexity index is 849. The smallest absolute Gasteiger partial charge is 0.268 e. The molecule has 0 bridgehead atoms. The van der Waals surface area contributed by atoms with E-state index in [1.54, 1.807) is 18.9 Å². The normalized spacial score (nSPS) is 10.9. The first-order valence-corrected chi connectivity index (χ1v) is 8.70. The highest BCUT2D eigenvalue weighted by Gasteiger charge is 2.19. The molecule has 0 aliphatic carbocycles. The molecule has 0 radical (unpaired) electrons. The van der Waals surface area contributed by atoms with Crippen molar-refractivity contribution in [1.29, 1.82) is 0 Å². The maximum Gasteiger partial charge on any atom is 0.268 e. The van der Waals surface area contributed by atoms with Crippen LogP contribution >= 0.6 is 23.4 Å². The fraction of sp³-hybridized carbons (Fsp3) is 0.167. The molecule has 3 rings (SSSR count). The summed E-state index contributed by atoms with van der Waals surface area (Å²) in [4.78, 5) is 17.7. The molecule has 124 valence electrons. The molecular formula is C18H17ClN2O2S. The van der Waals surface area contributed by atoms with Gasteiger partial charge >= 0.3 is 0 Å². The van der Waals surface area contributed by atoms with Crippen molar-refractivity contribution in [2.75, 3.05) is 20.3 Å². The van der Waals surface area contributed by atoms with E-state index in [-0.39, 0.29) is 5.91 Å². The van der Waals surface area contributed by atoms with Gasteiger partial charge in [0.05, 0.1) is 11.5 Å². The molecular weight excluding hydrogens is 344 g/mol. The third-order valence-corrected chi connectivity index (χ3v) is 4.87. The van der Waals surface area contributed by atoms with Crippen molar-refractivity contribution in [2.24, 2.45) is 0 Å². The van der Waals surface area contributed by atoms with Crippen molar-refractivity contribution in [3.63, 3.8) is 0 Å². The second kappa shape index (κ2) is 7.75. The number of hydrogen-bond acceptors (Lipinski definition) is 3. The fourth-order valence-electron chi connectivity index (χ4n) is 2.37. The molecule has 6 heteroatoms. The lowest BCUT2D eigenvalue weighted by Crippen LogP contribution is -2.27. The Hall–Kier alpha value is -1.95. The lowest BCUT2D eigenvalue weighted by molar-refractivity contribution is 0.0930. The maximum absolute atomic E-state index is 12.5. The molecule has 2 N–H and O–H groups in total. The number of amides is 1. The highest BCUT2D eigenvalue weighted by atomic mass is 35.5. The van der Waals surface area contributed by atoms with Crippen molar-refractivity contribution >= 4 is 40.2 Å². The summed E-state index contributed by atoms with van der Waals surface area (Å²) in [6.07, 6.45) is 0. The molecule has 0 unspecified atom stereocenters. The molecule has 0 aliphatic rings. The first kappa shape index (κ1) is 16.9. The van der Waals surface area contributed by atoms with Crippen molar-refractivity contribution in [3.8, 4) is 0 Å². The van der Waals surface area contributed by atoms with Crippen LogP contribution in [0, 0.1) is 0 Å². The van der Waals surface area contributed by atoms with E-state index >= 15 is 0 Å². The number of aromatic amines is 1. The van der Waals surface area contributed by atoms with Crippen molar-refractivity contribution < 1.29 is 9.53 Å². The standard InChI is InChI=1S/C18H17ClN2O2S/c1-23-10-9-20-18(22)16-17(24-13-5-3-2-4-6-13)14-11-12(19)7-8-15(14)21-16/h2-8,11,21H,9-10H2,1H3,(H,20,22). The summed E-state index contributed by atoms with van der Waals surface area (Å²) < 4.78 is 4.98. The number of H-pyrrole nitrogens is 1. The van der Waals surface area contributed by atoms with E-state index < -0.39 is 0 Å². The average molecular weight is 361 g/mol. The predicted molar refractivity (Wildman–Crippen MR) is 98.1 cm³/mol. The third-order valence-electron chi connectivity index (χ3n) is 3.49. The van der Waals surface area contributed by atoms with Gasteiger partial charge in [-0.3, -0.25) is 4.79 Å². The molecule has 1 heterocycles. The highest BCUT2D eigenvalue weighted by molar-refractivity contribution is 7.99. The lowest BCUT2D eigenvalue weighted by atomic mass is 10.2. The van der Waals surface area contributed by atoms with E-state index in [0.717, 1.165) is 20.7 Å². The Kier molecular flexibility index (Phi) is 5.45. The first-order valence-electron chi connectivity index (χ1n) is 7.50. The number of benzene rings is 2. The molecule has 0 fully saturated rings. The summed E-state index contributed by atoms with van der Waals surface area (Å²) in [5.41, 5.74) is 1.42. The first-order chi connectivity index (χ1) is 11.7. The van der Waals surface area contributed by atoms with E-state index in [9.17, 15) is 4.79 Å². The van der Waals surface area contributed by atoms with Gasteiger partial charge in [0.15, 0.2) is 0 Å². The zero-order chi connectivity index (χ0) is 16.9. The lowest BCUT2D eigenvalue weighted by Gasteiger charge is -2.06. The molecule has 3 aromatic rings. The Labute approximate surface area is 149 Å². The number of nitrogens with one attached hydrogen (secondary N) is 2. The summed E-state index contributed by atoms with van der Waals surface area (Å²) in [6, 6.07) is 15.5. The van der Waals surface area contributed by atoms with Gasteiger partial charge < -0.3 is 15.0 Å². The fourth-order valence-corrected chi connectivity index (χ4v) is 3.59. The van der Waals surface area contributed by atoms with Gasteiger partial charge in [0, 0.05) is 34.5 Å². The molecule has 0 saturated carbocycles. The number of aromatic nitrogens is 1. The third kappa shape index (κ3) is 3.75. The van der Waals surface area contributed by atoms with Crippen LogP contribution < -0.4 is 5.32 Å². The number of hydrogen-bond donors (Lipinski definition) is 2. The Morgan fingerprint density at radius 1 is 1.25 bits per heavy atom. The molecule has 0 aliphatic heterocycles. The quantitative estimate of drug-likeness (QED) is 0.642. The van der Waals surface area contributed by atoms with Gasteiger partial charge in [-0.25, -0.2) is 0 Å². The maximum atomic E-state index is 12.5. The summed E-state index contributed by atoms with van der Waals surface area (Å²) in [5.74, 6) is -0.155. The minimum atomic E-state index is -0.155. The summed E-state index contributed by atoms with van der Waals surface area (Å²) >= 11 is 7.69. The van der Waals surface area contributed by atoms with E-state index in [2.05, 4.69) is 10.3 Å². The van der Waals surface area contributed by atoms with Crippen LogP contribution in [0.4, 0.5) is 0 Å². The van der Waals surface area contributed by atoms with Gasteiger partial charge in [-0.2, -0.15) is 0 Å². The highest BCUT2D eigenvalue weighted by Crippen LogP contribution is 2.37. The van der Waals surface area contributed by atoms with Gasteiger partial charge in [0.25, 0.3) is 5.91 Å². The zero-order valence-corrected chi connectivity index (χ0v) is 14.7. The van der Waals surface area contributed by atoms with Crippen LogP contribution in [-0.2, 0) is 4.74 Å². The molecule has 0 saturated heterocycles. The van der Waals surface area contributed by atoms with E-state index in [1.807, 2.05) is 48.5 Å². The zero-order valence-electron chi connectivity index (χ0n) is 13.1. The second-order valence-corrected chi connectivity index (χ2v) is 6.70. The SMILES string of the molecule is COCCNC(=O)c1[nH]c2ccc(Cl)cc2c1Sc1ccccc1. The molecule has 2 aromatic carbocycles. The van der Waals surface area contributed by atoms with Crippen molar-refractivity contribution in [3.05, 3.63) is 59.2 Å². The van der Waals surface area contributed by atoms with Crippen LogP contribution in [0.25, 0.3) is 10.9 Å². The van der Waals surface area contributed by atoms with Crippen LogP contribution in [0.2, 0.25) is 5.02 Å². The Morgan fingerprint density at radius 3 is 2.79 bits per heavy atom. The number of halogens is 1. The van der Waals surface area contributed by atoms with Gasteiger partial charge in [0.2, 0.25) is 0 Å². The summed E-state index contributed by atoms with van der Waals surface area (Å²) in [5, 5.41) is 4.44. The molecule has 0 spiro atoms. The van der Waals surface area contributed by atoms with Gasteiger partial charge in [-0.05, 0) is 30.3 Å². The van der Waals surface area contributed by atoms with Crippen molar-refractivity contribution in [1.82, 2.24) is 10.3 Å². The Morgan fingerprint density at radius 2 is 2.04 bits per heavy atom.